The highest BCUT2D eigenvalue weighted by Gasteiger charge is 2.14. The highest BCUT2D eigenvalue weighted by molar-refractivity contribution is 5.67. The van der Waals surface area contributed by atoms with E-state index in [1.807, 2.05) is 0 Å². The molecule has 0 spiro atoms. The average Bonchev–Trinajstić information content (AvgIpc) is 2.41. The van der Waals surface area contributed by atoms with Gasteiger partial charge in [0.15, 0.2) is 0 Å². The predicted octanol–water partition coefficient (Wildman–Crippen LogP) is 1.23. The molecule has 1 aromatic carbocycles. The monoisotopic (exact) mass is 296 g/mol. The Hall–Kier alpha value is -2.77. The molecule has 0 bridgehead atoms. The molecule has 0 aliphatic carbocycles. The van der Waals surface area contributed by atoms with E-state index in [4.69, 9.17) is 5.11 Å². The number of hydrogen-bond acceptors (Lipinski definition) is 4. The molecule has 0 aliphatic rings. The molecular formula is C13H10F2N2O4. The van der Waals surface area contributed by atoms with Crippen molar-refractivity contribution in [1.29, 1.82) is 0 Å². The lowest BCUT2D eigenvalue weighted by Crippen LogP contribution is -2.23. The van der Waals surface area contributed by atoms with Crippen molar-refractivity contribution < 1.29 is 23.8 Å². The van der Waals surface area contributed by atoms with Crippen molar-refractivity contribution in [2.24, 2.45) is 0 Å². The molecule has 1 heterocycles. The number of aromatic nitrogens is 2. The van der Waals surface area contributed by atoms with Crippen LogP contribution >= 0.6 is 0 Å². The maximum Gasteiger partial charge on any atom is 0.303 e. The SMILES string of the molecule is O=C(O)CCc1nn(-c2cc(F)ccc2F)c(=O)cc1O. The van der Waals surface area contributed by atoms with Gasteiger partial charge >= 0.3 is 5.97 Å². The number of carboxylic acids is 1. The molecule has 0 aliphatic heterocycles. The van der Waals surface area contributed by atoms with Crippen LogP contribution in [0.1, 0.15) is 12.1 Å². The van der Waals surface area contributed by atoms with Gasteiger partial charge in [-0.05, 0) is 12.1 Å². The quantitative estimate of drug-likeness (QED) is 0.885. The summed E-state index contributed by atoms with van der Waals surface area (Å²) in [6.07, 6.45) is -0.483. The Balaban J connectivity index is 2.53. The van der Waals surface area contributed by atoms with Gasteiger partial charge in [0.1, 0.15) is 28.8 Å². The Labute approximate surface area is 116 Å². The first-order chi connectivity index (χ1) is 9.88. The number of nitrogens with zero attached hydrogens (tertiary/aromatic N) is 2. The third-order valence-electron chi connectivity index (χ3n) is 2.70. The third kappa shape index (κ3) is 3.22. The summed E-state index contributed by atoms with van der Waals surface area (Å²) in [5, 5.41) is 21.9. The summed E-state index contributed by atoms with van der Waals surface area (Å²) in [6.45, 7) is 0. The van der Waals surface area contributed by atoms with Crippen LogP contribution in [0.25, 0.3) is 5.69 Å². The zero-order valence-corrected chi connectivity index (χ0v) is 10.6. The lowest BCUT2D eigenvalue weighted by atomic mass is 10.2. The van der Waals surface area contributed by atoms with E-state index in [-0.39, 0.29) is 18.5 Å². The van der Waals surface area contributed by atoms with Crippen molar-refractivity contribution in [3.05, 3.63) is 51.9 Å². The molecule has 2 aromatic rings. The largest absolute Gasteiger partial charge is 0.506 e. The van der Waals surface area contributed by atoms with Gasteiger partial charge in [0.05, 0.1) is 6.42 Å². The van der Waals surface area contributed by atoms with E-state index in [1.165, 1.54) is 0 Å². The number of benzene rings is 1. The summed E-state index contributed by atoms with van der Waals surface area (Å²) >= 11 is 0. The second kappa shape index (κ2) is 5.70. The van der Waals surface area contributed by atoms with Crippen molar-refractivity contribution in [2.75, 3.05) is 0 Å². The van der Waals surface area contributed by atoms with Crippen LogP contribution in [-0.2, 0) is 11.2 Å². The van der Waals surface area contributed by atoms with Crippen LogP contribution in [0.3, 0.4) is 0 Å². The lowest BCUT2D eigenvalue weighted by Gasteiger charge is -2.09. The van der Waals surface area contributed by atoms with E-state index in [0.29, 0.717) is 4.68 Å². The molecule has 21 heavy (non-hydrogen) atoms. The molecule has 6 nitrogen and oxygen atoms in total. The fraction of sp³-hybridized carbons (Fsp3) is 0.154. The summed E-state index contributed by atoms with van der Waals surface area (Å²) in [6, 6.07) is 3.27. The van der Waals surface area contributed by atoms with E-state index in [0.717, 1.165) is 24.3 Å². The Morgan fingerprint density at radius 3 is 2.67 bits per heavy atom. The second-order valence-electron chi connectivity index (χ2n) is 4.22. The van der Waals surface area contributed by atoms with E-state index in [2.05, 4.69) is 5.10 Å². The first kappa shape index (κ1) is 14.6. The minimum absolute atomic E-state index is 0.0966. The highest BCUT2D eigenvalue weighted by Crippen LogP contribution is 2.17. The second-order valence-corrected chi connectivity index (χ2v) is 4.22. The van der Waals surface area contributed by atoms with Crippen molar-refractivity contribution in [2.45, 2.75) is 12.8 Å². The summed E-state index contributed by atoms with van der Waals surface area (Å²) < 4.78 is 27.4. The van der Waals surface area contributed by atoms with Crippen LogP contribution in [0.5, 0.6) is 5.75 Å². The topological polar surface area (TPSA) is 92.4 Å². The number of aryl methyl sites for hydroxylation is 1. The molecule has 0 radical (unpaired) electrons. The summed E-state index contributed by atoms with van der Waals surface area (Å²) in [4.78, 5) is 22.2. The van der Waals surface area contributed by atoms with Gasteiger partial charge in [-0.15, -0.1) is 0 Å². The predicted molar refractivity (Wildman–Crippen MR) is 67.4 cm³/mol. The smallest absolute Gasteiger partial charge is 0.303 e. The number of hydrogen-bond donors (Lipinski definition) is 2. The average molecular weight is 296 g/mol. The number of rotatable bonds is 4. The van der Waals surface area contributed by atoms with E-state index >= 15 is 0 Å². The lowest BCUT2D eigenvalue weighted by molar-refractivity contribution is -0.136. The number of aliphatic carboxylic acids is 1. The van der Waals surface area contributed by atoms with Crippen LogP contribution < -0.4 is 5.56 Å². The molecule has 0 saturated heterocycles. The molecule has 8 heteroatoms. The zero-order valence-electron chi connectivity index (χ0n) is 10.6. The first-order valence-electron chi connectivity index (χ1n) is 5.88. The van der Waals surface area contributed by atoms with Gasteiger partial charge < -0.3 is 10.2 Å². The number of carbonyl (C=O) groups is 1. The van der Waals surface area contributed by atoms with E-state index in [1.54, 1.807) is 0 Å². The van der Waals surface area contributed by atoms with Crippen molar-refractivity contribution in [1.82, 2.24) is 9.78 Å². The minimum Gasteiger partial charge on any atom is -0.506 e. The Kier molecular flexibility index (Phi) is 3.97. The Bertz CT molecular complexity index is 758. The van der Waals surface area contributed by atoms with Crippen LogP contribution in [0.2, 0.25) is 0 Å². The number of carboxylic acid groups (broad SMARTS) is 1. The van der Waals surface area contributed by atoms with Crippen molar-refractivity contribution in [3.63, 3.8) is 0 Å². The van der Waals surface area contributed by atoms with Crippen LogP contribution in [0, 0.1) is 11.6 Å². The normalized spacial score (nSPS) is 10.6. The van der Waals surface area contributed by atoms with Crippen LogP contribution in [0.4, 0.5) is 8.78 Å². The fourth-order valence-corrected chi connectivity index (χ4v) is 1.71. The number of halogens is 2. The van der Waals surface area contributed by atoms with Gasteiger partial charge in [-0.25, -0.2) is 8.78 Å². The fourth-order valence-electron chi connectivity index (χ4n) is 1.71. The van der Waals surface area contributed by atoms with Crippen LogP contribution in [0.15, 0.2) is 29.1 Å². The van der Waals surface area contributed by atoms with Gasteiger partial charge in [-0.1, -0.05) is 0 Å². The Morgan fingerprint density at radius 2 is 2.00 bits per heavy atom. The summed E-state index contributed by atoms with van der Waals surface area (Å²) in [5.74, 6) is -3.25. The number of aromatic hydroxyl groups is 1. The van der Waals surface area contributed by atoms with Gasteiger partial charge in [0.25, 0.3) is 5.56 Å². The maximum absolute atomic E-state index is 13.7. The third-order valence-corrected chi connectivity index (χ3v) is 2.70. The maximum atomic E-state index is 13.7. The molecule has 0 amide bonds. The van der Waals surface area contributed by atoms with E-state index in [9.17, 15) is 23.5 Å². The van der Waals surface area contributed by atoms with E-state index < -0.39 is 34.6 Å². The molecular weight excluding hydrogens is 286 g/mol. The van der Waals surface area contributed by atoms with Gasteiger partial charge in [0, 0.05) is 18.6 Å². The van der Waals surface area contributed by atoms with Gasteiger partial charge in [-0.3, -0.25) is 9.59 Å². The molecule has 0 saturated carbocycles. The standard InChI is InChI=1S/C13H10F2N2O4/c14-7-1-2-8(15)10(5-7)17-12(19)6-11(18)9(16-17)3-4-13(20)21/h1-2,5-6,18H,3-4H2,(H,20,21). The molecule has 0 atom stereocenters. The van der Waals surface area contributed by atoms with Gasteiger partial charge in [-0.2, -0.15) is 9.78 Å². The highest BCUT2D eigenvalue weighted by atomic mass is 19.1. The molecule has 110 valence electrons. The van der Waals surface area contributed by atoms with Crippen molar-refractivity contribution in [3.8, 4) is 11.4 Å². The summed E-state index contributed by atoms with van der Waals surface area (Å²) in [7, 11) is 0. The zero-order chi connectivity index (χ0) is 15.6. The first-order valence-corrected chi connectivity index (χ1v) is 5.88. The Morgan fingerprint density at radius 1 is 1.29 bits per heavy atom. The molecule has 1 aromatic heterocycles. The molecule has 2 N–H and O–H groups in total. The molecule has 0 fully saturated rings. The minimum atomic E-state index is -1.12. The molecule has 0 unspecified atom stereocenters. The van der Waals surface area contributed by atoms with Gasteiger partial charge in [0.2, 0.25) is 0 Å². The van der Waals surface area contributed by atoms with Crippen molar-refractivity contribution >= 4 is 5.97 Å². The molecule has 2 rings (SSSR count). The van der Waals surface area contributed by atoms with Crippen LogP contribution in [-0.4, -0.2) is 26.0 Å². The summed E-state index contributed by atoms with van der Waals surface area (Å²) in [5.41, 5.74) is -1.38.